The van der Waals surface area contributed by atoms with E-state index in [-0.39, 0.29) is 11.7 Å². The summed E-state index contributed by atoms with van der Waals surface area (Å²) in [5, 5.41) is 3.29. The summed E-state index contributed by atoms with van der Waals surface area (Å²) in [5.41, 5.74) is 5.05. The molecule has 1 atom stereocenters. The zero-order valence-corrected chi connectivity index (χ0v) is 16.7. The Morgan fingerprint density at radius 3 is 2.55 bits per heavy atom. The summed E-state index contributed by atoms with van der Waals surface area (Å²) in [4.78, 5) is 13.6. The van der Waals surface area contributed by atoms with Crippen molar-refractivity contribution in [2.45, 2.75) is 6.04 Å². The fourth-order valence-corrected chi connectivity index (χ4v) is 3.93. The van der Waals surface area contributed by atoms with E-state index in [4.69, 9.17) is 9.47 Å². The highest BCUT2D eigenvalue weighted by atomic mass is 32.1. The smallest absolute Gasteiger partial charge is 0.283 e. The number of rotatable bonds is 5. The van der Waals surface area contributed by atoms with Crippen molar-refractivity contribution < 1.29 is 18.7 Å². The summed E-state index contributed by atoms with van der Waals surface area (Å²) in [6.45, 7) is 0. The van der Waals surface area contributed by atoms with E-state index in [1.165, 1.54) is 22.4 Å². The van der Waals surface area contributed by atoms with Gasteiger partial charge in [0.25, 0.3) is 5.91 Å². The molecule has 0 fully saturated rings. The number of carbonyl (C=O) groups excluding carboxylic acids is 1. The second-order valence-electron chi connectivity index (χ2n) is 6.38. The monoisotopic (exact) mass is 410 g/mol. The molecule has 0 saturated heterocycles. The Bertz CT molecular complexity index is 1070. The number of ether oxygens (including phenoxy) is 2. The van der Waals surface area contributed by atoms with E-state index in [2.05, 4.69) is 5.43 Å². The average molecular weight is 410 g/mol. The van der Waals surface area contributed by atoms with E-state index in [0.29, 0.717) is 27.6 Å². The first-order valence-corrected chi connectivity index (χ1v) is 9.82. The Kier molecular flexibility index (Phi) is 5.22. The molecule has 0 aliphatic carbocycles. The average Bonchev–Trinajstić information content (AvgIpc) is 3.43. The van der Waals surface area contributed by atoms with Crippen molar-refractivity contribution in [1.29, 1.82) is 0 Å². The quantitative estimate of drug-likeness (QED) is 0.665. The predicted octanol–water partition coefficient (Wildman–Crippen LogP) is 4.65. The third-order valence-electron chi connectivity index (χ3n) is 4.71. The number of nitrogens with zero attached hydrogens (tertiary/aromatic N) is 1. The van der Waals surface area contributed by atoms with E-state index in [1.807, 2.05) is 29.7 Å². The van der Waals surface area contributed by atoms with Crippen LogP contribution >= 0.6 is 11.3 Å². The molecule has 3 aromatic rings. The molecule has 0 saturated carbocycles. The number of methoxy groups -OCH3 is 2. The largest absolute Gasteiger partial charge is 0.493 e. The van der Waals surface area contributed by atoms with Crippen LogP contribution in [-0.4, -0.2) is 25.1 Å². The van der Waals surface area contributed by atoms with Gasteiger partial charge in [0.2, 0.25) is 0 Å². The number of thiophene rings is 1. The molecule has 148 valence electrons. The molecule has 0 spiro atoms. The molecule has 2 heterocycles. The molecule has 7 heteroatoms. The number of benzene rings is 2. The van der Waals surface area contributed by atoms with Crippen LogP contribution in [0.4, 0.5) is 4.39 Å². The molecule has 4 rings (SSSR count). The topological polar surface area (TPSA) is 50.8 Å². The van der Waals surface area contributed by atoms with Gasteiger partial charge in [-0.05, 0) is 41.8 Å². The van der Waals surface area contributed by atoms with Crippen LogP contribution in [0.2, 0.25) is 0 Å². The van der Waals surface area contributed by atoms with Gasteiger partial charge < -0.3 is 9.47 Å². The number of amides is 1. The van der Waals surface area contributed by atoms with Gasteiger partial charge in [-0.1, -0.05) is 24.3 Å². The fraction of sp³-hybridized carbons (Fsp3) is 0.136. The van der Waals surface area contributed by atoms with Crippen LogP contribution < -0.4 is 14.9 Å². The van der Waals surface area contributed by atoms with Gasteiger partial charge in [0.1, 0.15) is 11.9 Å². The maximum Gasteiger partial charge on any atom is 0.283 e. The third-order valence-corrected chi connectivity index (χ3v) is 5.57. The Labute approximate surface area is 172 Å². The number of halogens is 1. The highest BCUT2D eigenvalue weighted by Crippen LogP contribution is 2.36. The molecule has 0 radical (unpaired) electrons. The third kappa shape index (κ3) is 3.56. The second kappa shape index (κ2) is 7.97. The van der Waals surface area contributed by atoms with Gasteiger partial charge >= 0.3 is 0 Å². The van der Waals surface area contributed by atoms with Gasteiger partial charge in [-0.25, -0.2) is 9.40 Å². The summed E-state index contributed by atoms with van der Waals surface area (Å²) in [5.74, 6) is 0.582. The van der Waals surface area contributed by atoms with E-state index >= 15 is 0 Å². The molecule has 1 amide bonds. The minimum atomic E-state index is -0.589. The van der Waals surface area contributed by atoms with Gasteiger partial charge in [0.05, 0.1) is 24.8 Å². The molecule has 1 unspecified atom stereocenters. The predicted molar refractivity (Wildman–Crippen MR) is 110 cm³/mol. The maximum absolute atomic E-state index is 14.5. The fourth-order valence-electron chi connectivity index (χ4n) is 3.27. The van der Waals surface area contributed by atoms with Gasteiger partial charge in [-0.3, -0.25) is 10.2 Å². The van der Waals surface area contributed by atoms with Crippen molar-refractivity contribution in [3.8, 4) is 11.5 Å². The number of hydrogen-bond acceptors (Lipinski definition) is 5. The van der Waals surface area contributed by atoms with Crippen LogP contribution in [0, 0.1) is 5.82 Å². The van der Waals surface area contributed by atoms with Crippen LogP contribution in [0.15, 0.2) is 66.1 Å². The molecule has 0 bridgehead atoms. The van der Waals surface area contributed by atoms with Crippen molar-refractivity contribution in [3.63, 3.8) is 0 Å². The number of carbonyl (C=O) groups is 1. The first kappa shape index (κ1) is 19.0. The molecule has 1 aromatic heterocycles. The van der Waals surface area contributed by atoms with Gasteiger partial charge in [-0.2, -0.15) is 0 Å². The van der Waals surface area contributed by atoms with Crippen molar-refractivity contribution in [2.75, 3.05) is 14.2 Å². The normalized spacial score (nSPS) is 15.6. The number of hydrazine groups is 1. The minimum absolute atomic E-state index is 0.222. The summed E-state index contributed by atoms with van der Waals surface area (Å²) >= 11 is 1.34. The van der Waals surface area contributed by atoms with Gasteiger partial charge in [-0.15, -0.1) is 11.3 Å². The van der Waals surface area contributed by atoms with Crippen molar-refractivity contribution in [2.24, 2.45) is 0 Å². The van der Waals surface area contributed by atoms with E-state index in [1.54, 1.807) is 44.6 Å². The first-order valence-electron chi connectivity index (χ1n) is 8.94. The Hall–Kier alpha value is -3.32. The van der Waals surface area contributed by atoms with Gasteiger partial charge in [0, 0.05) is 11.1 Å². The van der Waals surface area contributed by atoms with Crippen LogP contribution in [0.25, 0.3) is 5.70 Å². The van der Waals surface area contributed by atoms with Gasteiger partial charge in [0.15, 0.2) is 11.5 Å². The summed E-state index contributed by atoms with van der Waals surface area (Å²) < 4.78 is 25.2. The lowest BCUT2D eigenvalue weighted by Gasteiger charge is -2.25. The Morgan fingerprint density at radius 2 is 1.86 bits per heavy atom. The summed E-state index contributed by atoms with van der Waals surface area (Å²) in [6, 6.07) is 14.9. The standard InChI is InChI=1S/C22H19FN2O3S/c1-27-19-10-9-14(12-20(19)28-2)17-13-18(15-6-3-4-7-16(15)23)25(24-17)22(26)21-8-5-11-29-21/h3-13,18,24H,1-2H3. The molecular formula is C22H19FN2O3S. The van der Waals surface area contributed by atoms with Crippen LogP contribution in [0.3, 0.4) is 0 Å². The summed E-state index contributed by atoms with van der Waals surface area (Å²) in [6.07, 6.45) is 1.84. The van der Waals surface area contributed by atoms with E-state index < -0.39 is 6.04 Å². The van der Waals surface area contributed by atoms with E-state index in [9.17, 15) is 9.18 Å². The molecule has 1 aliphatic rings. The lowest BCUT2D eigenvalue weighted by molar-refractivity contribution is 0.0675. The zero-order chi connectivity index (χ0) is 20.4. The van der Waals surface area contributed by atoms with Crippen LogP contribution in [0.1, 0.15) is 26.8 Å². The second-order valence-corrected chi connectivity index (χ2v) is 7.33. The lowest BCUT2D eigenvalue weighted by Crippen LogP contribution is -2.39. The highest BCUT2D eigenvalue weighted by molar-refractivity contribution is 7.12. The molecule has 2 aromatic carbocycles. The molecule has 1 N–H and O–H groups in total. The zero-order valence-electron chi connectivity index (χ0n) is 15.9. The van der Waals surface area contributed by atoms with Crippen LogP contribution in [0.5, 0.6) is 11.5 Å². The Morgan fingerprint density at radius 1 is 1.07 bits per heavy atom. The minimum Gasteiger partial charge on any atom is -0.493 e. The van der Waals surface area contributed by atoms with Crippen molar-refractivity contribution >= 4 is 22.9 Å². The summed E-state index contributed by atoms with van der Waals surface area (Å²) in [7, 11) is 3.13. The van der Waals surface area contributed by atoms with Crippen molar-refractivity contribution in [1.82, 2.24) is 10.4 Å². The number of nitrogens with one attached hydrogen (secondary N) is 1. The first-order chi connectivity index (χ1) is 14.1. The highest BCUT2D eigenvalue weighted by Gasteiger charge is 2.33. The molecule has 1 aliphatic heterocycles. The number of hydrogen-bond donors (Lipinski definition) is 1. The maximum atomic E-state index is 14.5. The lowest BCUT2D eigenvalue weighted by atomic mass is 10.0. The molecule has 5 nitrogen and oxygen atoms in total. The van der Waals surface area contributed by atoms with Crippen molar-refractivity contribution in [3.05, 3.63) is 87.9 Å². The van der Waals surface area contributed by atoms with Crippen LogP contribution in [-0.2, 0) is 0 Å². The van der Waals surface area contributed by atoms with E-state index in [0.717, 1.165) is 5.56 Å². The SMILES string of the molecule is COc1ccc(C2=CC(c3ccccc3F)N(C(=O)c3cccs3)N2)cc1OC. The Balaban J connectivity index is 1.75. The molecule has 29 heavy (non-hydrogen) atoms. The molecular weight excluding hydrogens is 391 g/mol.